The van der Waals surface area contributed by atoms with Gasteiger partial charge in [0.15, 0.2) is 0 Å². The average Bonchev–Trinajstić information content (AvgIpc) is 2.90. The van der Waals surface area contributed by atoms with Crippen molar-refractivity contribution < 1.29 is 29.3 Å². The van der Waals surface area contributed by atoms with Gasteiger partial charge in [-0.2, -0.15) is 11.8 Å². The van der Waals surface area contributed by atoms with E-state index in [-0.39, 0.29) is 17.2 Å². The molecule has 0 spiro atoms. The number of carboxylic acid groups (broad SMARTS) is 2. The first kappa shape index (κ1) is 13.9. The van der Waals surface area contributed by atoms with E-state index in [1.54, 1.807) is 0 Å². The second-order valence-electron chi connectivity index (χ2n) is 4.57. The molecule has 0 amide bonds. The summed E-state index contributed by atoms with van der Waals surface area (Å²) in [4.78, 5) is 32.0. The second-order valence-corrected chi connectivity index (χ2v) is 8.00. The third-order valence-corrected chi connectivity index (χ3v) is 6.70. The van der Waals surface area contributed by atoms with E-state index in [1.807, 2.05) is 0 Å². The molecule has 0 radical (unpaired) electrons. The van der Waals surface area contributed by atoms with E-state index >= 15 is 0 Å². The standard InChI is InChI=1S/C9H14NO6PS/c1-2-17(15,16)10-9(8(13)14)3-18-6-4(5(6)9)7(11)12/h4-6H,2-3H2,1H3,(H,11,12)(H,13,14)(H2,10,15,16). The van der Waals surface area contributed by atoms with Crippen LogP contribution in [0.15, 0.2) is 0 Å². The van der Waals surface area contributed by atoms with E-state index in [0.717, 1.165) is 0 Å². The van der Waals surface area contributed by atoms with Crippen molar-refractivity contribution in [2.75, 3.05) is 11.9 Å². The monoisotopic (exact) mass is 295 g/mol. The molecule has 0 aromatic heterocycles. The summed E-state index contributed by atoms with van der Waals surface area (Å²) >= 11 is 1.24. The van der Waals surface area contributed by atoms with Crippen LogP contribution >= 0.6 is 19.3 Å². The summed E-state index contributed by atoms with van der Waals surface area (Å²) in [6.07, 6.45) is -0.0954. The lowest BCUT2D eigenvalue weighted by Crippen LogP contribution is -2.54. The molecule has 18 heavy (non-hydrogen) atoms. The lowest BCUT2D eigenvalue weighted by atomic mass is 9.96. The topological polar surface area (TPSA) is 124 Å². The number of aliphatic carboxylic acids is 2. The van der Waals surface area contributed by atoms with Crippen molar-refractivity contribution in [3.8, 4) is 0 Å². The number of carboxylic acids is 2. The molecule has 4 N–H and O–H groups in total. The zero-order valence-corrected chi connectivity index (χ0v) is 11.3. The molecule has 1 aliphatic heterocycles. The lowest BCUT2D eigenvalue weighted by molar-refractivity contribution is -0.145. The van der Waals surface area contributed by atoms with Crippen LogP contribution in [-0.4, -0.2) is 49.7 Å². The van der Waals surface area contributed by atoms with E-state index in [4.69, 9.17) is 5.11 Å². The molecular weight excluding hydrogens is 281 g/mol. The van der Waals surface area contributed by atoms with Crippen LogP contribution in [0.5, 0.6) is 0 Å². The highest BCUT2D eigenvalue weighted by atomic mass is 32.2. The van der Waals surface area contributed by atoms with Crippen LogP contribution in [0.1, 0.15) is 6.92 Å². The van der Waals surface area contributed by atoms with Gasteiger partial charge in [-0.15, -0.1) is 0 Å². The normalized spacial score (nSPS) is 40.9. The zero-order valence-electron chi connectivity index (χ0n) is 9.57. The van der Waals surface area contributed by atoms with E-state index in [2.05, 4.69) is 5.09 Å². The summed E-state index contributed by atoms with van der Waals surface area (Å²) in [5, 5.41) is 20.3. The molecule has 2 aliphatic rings. The minimum atomic E-state index is -3.75. The Bertz CT molecular complexity index is 456. The fraction of sp³-hybridized carbons (Fsp3) is 0.778. The molecule has 1 heterocycles. The largest absolute Gasteiger partial charge is 0.481 e. The minimum Gasteiger partial charge on any atom is -0.481 e. The Morgan fingerprint density at radius 3 is 2.50 bits per heavy atom. The van der Waals surface area contributed by atoms with Gasteiger partial charge in [0.25, 0.3) is 7.52 Å². The van der Waals surface area contributed by atoms with Gasteiger partial charge in [0.2, 0.25) is 0 Å². The predicted molar refractivity (Wildman–Crippen MR) is 64.7 cm³/mol. The molecule has 0 bridgehead atoms. The fourth-order valence-corrected chi connectivity index (χ4v) is 5.51. The van der Waals surface area contributed by atoms with Gasteiger partial charge in [0.05, 0.1) is 5.92 Å². The Kier molecular flexibility index (Phi) is 3.26. The summed E-state index contributed by atoms with van der Waals surface area (Å²) in [7, 11) is -3.75. The first-order valence-electron chi connectivity index (χ1n) is 5.44. The highest BCUT2D eigenvalue weighted by Crippen LogP contribution is 2.63. The molecule has 102 valence electrons. The Hall–Kier alpha value is -0.560. The average molecular weight is 295 g/mol. The summed E-state index contributed by atoms with van der Waals surface area (Å²) in [6, 6.07) is 0. The Balaban J connectivity index is 2.28. The van der Waals surface area contributed by atoms with E-state index < -0.39 is 36.8 Å². The summed E-state index contributed by atoms with van der Waals surface area (Å²) in [6.45, 7) is 1.48. The predicted octanol–water partition coefficient (Wildman–Crippen LogP) is 0.0507. The number of hydrogen-bond acceptors (Lipinski definition) is 4. The quantitative estimate of drug-likeness (QED) is 0.524. The summed E-state index contributed by atoms with van der Waals surface area (Å²) in [5.41, 5.74) is -1.60. The van der Waals surface area contributed by atoms with Crippen LogP contribution in [0.3, 0.4) is 0 Å². The molecule has 5 atom stereocenters. The molecular formula is C9H14NO6PS. The van der Waals surface area contributed by atoms with Crippen LogP contribution in [0.25, 0.3) is 0 Å². The van der Waals surface area contributed by atoms with Crippen molar-refractivity contribution in [2.45, 2.75) is 17.7 Å². The van der Waals surface area contributed by atoms with E-state index in [0.29, 0.717) is 0 Å². The van der Waals surface area contributed by atoms with Crippen molar-refractivity contribution in [1.82, 2.24) is 5.09 Å². The zero-order chi connectivity index (χ0) is 13.7. The SMILES string of the molecule is CCP(=O)(O)NC1(C(=O)O)CSC2C(C(=O)O)C21. The Labute approximate surface area is 107 Å². The van der Waals surface area contributed by atoms with Crippen molar-refractivity contribution in [2.24, 2.45) is 11.8 Å². The number of thioether (sulfide) groups is 1. The first-order chi connectivity index (χ1) is 8.25. The molecule has 1 saturated heterocycles. The highest BCUT2D eigenvalue weighted by molar-refractivity contribution is 8.00. The maximum absolute atomic E-state index is 11.7. The van der Waals surface area contributed by atoms with Crippen LogP contribution in [-0.2, 0) is 14.2 Å². The number of hydrogen-bond donors (Lipinski definition) is 4. The molecule has 2 fully saturated rings. The number of rotatable bonds is 5. The first-order valence-corrected chi connectivity index (χ1v) is 8.33. The van der Waals surface area contributed by atoms with Crippen LogP contribution in [0.4, 0.5) is 0 Å². The van der Waals surface area contributed by atoms with Gasteiger partial charge >= 0.3 is 11.9 Å². The molecule has 9 heteroatoms. The van der Waals surface area contributed by atoms with Gasteiger partial charge in [-0.25, -0.2) is 5.09 Å². The molecule has 1 saturated carbocycles. The molecule has 0 aromatic carbocycles. The van der Waals surface area contributed by atoms with Gasteiger partial charge in [-0.3, -0.25) is 14.2 Å². The number of carbonyl (C=O) groups is 2. The van der Waals surface area contributed by atoms with Gasteiger partial charge in [-0.05, 0) is 0 Å². The van der Waals surface area contributed by atoms with Gasteiger partial charge < -0.3 is 15.1 Å². The summed E-state index contributed by atoms with van der Waals surface area (Å²) in [5.74, 6) is -3.55. The fourth-order valence-electron chi connectivity index (χ4n) is 2.45. The van der Waals surface area contributed by atoms with E-state index in [1.165, 1.54) is 18.7 Å². The van der Waals surface area contributed by atoms with Crippen LogP contribution in [0.2, 0.25) is 0 Å². The number of nitrogens with one attached hydrogen (secondary N) is 1. The third kappa shape index (κ3) is 1.97. The third-order valence-electron chi connectivity index (χ3n) is 3.50. The minimum absolute atomic E-state index is 0.0954. The maximum Gasteiger partial charge on any atom is 0.325 e. The van der Waals surface area contributed by atoms with Crippen molar-refractivity contribution in [3.05, 3.63) is 0 Å². The van der Waals surface area contributed by atoms with Gasteiger partial charge in [0, 0.05) is 23.1 Å². The molecule has 7 nitrogen and oxygen atoms in total. The van der Waals surface area contributed by atoms with Crippen molar-refractivity contribution >= 4 is 31.2 Å². The molecule has 1 aliphatic carbocycles. The summed E-state index contributed by atoms with van der Waals surface area (Å²) < 4.78 is 11.7. The van der Waals surface area contributed by atoms with Crippen molar-refractivity contribution in [1.29, 1.82) is 0 Å². The van der Waals surface area contributed by atoms with Gasteiger partial charge in [0.1, 0.15) is 5.54 Å². The maximum atomic E-state index is 11.7. The van der Waals surface area contributed by atoms with E-state index in [9.17, 15) is 24.2 Å². The van der Waals surface area contributed by atoms with Crippen LogP contribution in [0, 0.1) is 11.8 Å². The van der Waals surface area contributed by atoms with Crippen molar-refractivity contribution in [3.63, 3.8) is 0 Å². The molecule has 2 rings (SSSR count). The second kappa shape index (κ2) is 4.23. The highest BCUT2D eigenvalue weighted by Gasteiger charge is 2.73. The van der Waals surface area contributed by atoms with Crippen LogP contribution < -0.4 is 5.09 Å². The molecule has 5 unspecified atom stereocenters. The Morgan fingerprint density at radius 2 is 2.11 bits per heavy atom. The number of fused-ring (bicyclic) bond motifs is 1. The Morgan fingerprint density at radius 1 is 1.50 bits per heavy atom. The lowest BCUT2D eigenvalue weighted by Gasteiger charge is -2.29. The molecule has 0 aromatic rings. The van der Waals surface area contributed by atoms with Gasteiger partial charge in [-0.1, -0.05) is 6.92 Å². The smallest absolute Gasteiger partial charge is 0.325 e.